The van der Waals surface area contributed by atoms with Crippen molar-refractivity contribution in [2.75, 3.05) is 42.5 Å². The average Bonchev–Trinajstić information content (AvgIpc) is 4.00. The predicted octanol–water partition coefficient (Wildman–Crippen LogP) is 7.03. The first kappa shape index (κ1) is 40.9. The van der Waals surface area contributed by atoms with E-state index in [9.17, 15) is 28.3 Å². The Hall–Kier alpha value is -5.18. The number of aryl methyl sites for hydroxylation is 2. The fraction of sp³-hybridized carbons (Fsp3) is 0.500. The highest BCUT2D eigenvalue weighted by molar-refractivity contribution is 6.00. The van der Waals surface area contributed by atoms with Crippen molar-refractivity contribution in [3.05, 3.63) is 93.8 Å². The summed E-state index contributed by atoms with van der Waals surface area (Å²) in [6.45, 7) is 7.76. The molecule has 2 N–H and O–H groups in total. The molecule has 0 aliphatic carbocycles. The largest absolute Gasteiger partial charge is 0.374 e. The molecular formula is C48H56F2N8O4. The molecule has 326 valence electrons. The second-order valence-electron chi connectivity index (χ2n) is 18.4. The van der Waals surface area contributed by atoms with Crippen molar-refractivity contribution in [3.8, 4) is 11.1 Å². The number of imide groups is 1. The average molecular weight is 847 g/mol. The smallest absolute Gasteiger partial charge is 0.264 e. The fourth-order valence-corrected chi connectivity index (χ4v) is 11.3. The van der Waals surface area contributed by atoms with Crippen molar-refractivity contribution in [1.82, 2.24) is 29.8 Å². The van der Waals surface area contributed by atoms with Crippen LogP contribution in [0.3, 0.4) is 0 Å². The van der Waals surface area contributed by atoms with Crippen molar-refractivity contribution in [3.63, 3.8) is 0 Å². The van der Waals surface area contributed by atoms with E-state index >= 15 is 0 Å². The SMILES string of the molecule is CC(=O)N1Cc2cc(C3CCCCN3CC3CCN(c4ccc5c(c4)CN(C4CCC(=O)NC4=O)C5O)CC3)cc(N3CCCc4cc(-c5cnn(C)c5)c(C(F)F)cc43)c2C1. The number of carbonyl (C=O) groups is 3. The van der Waals surface area contributed by atoms with Crippen molar-refractivity contribution in [2.45, 2.75) is 109 Å². The summed E-state index contributed by atoms with van der Waals surface area (Å²) in [6, 6.07) is 14.3. The Morgan fingerprint density at radius 3 is 2.47 bits per heavy atom. The number of nitrogens with one attached hydrogen (secondary N) is 1. The van der Waals surface area contributed by atoms with E-state index in [4.69, 9.17) is 0 Å². The first-order valence-corrected chi connectivity index (χ1v) is 22.5. The Kier molecular flexibility index (Phi) is 10.9. The van der Waals surface area contributed by atoms with Gasteiger partial charge in [-0.1, -0.05) is 18.6 Å². The predicted molar refractivity (Wildman–Crippen MR) is 232 cm³/mol. The van der Waals surface area contributed by atoms with Crippen LogP contribution in [-0.4, -0.2) is 86.1 Å². The molecule has 3 saturated heterocycles. The lowest BCUT2D eigenvalue weighted by molar-refractivity contribution is -0.141. The van der Waals surface area contributed by atoms with Gasteiger partial charge in [-0.3, -0.25) is 34.2 Å². The van der Waals surface area contributed by atoms with Crippen LogP contribution in [0, 0.1) is 5.92 Å². The summed E-state index contributed by atoms with van der Waals surface area (Å²) in [5.74, 6) is -0.0313. The molecule has 3 unspecified atom stereocenters. The number of halogens is 2. The molecule has 3 amide bonds. The molecule has 4 aromatic rings. The number of alkyl halides is 2. The molecule has 0 saturated carbocycles. The number of anilines is 3. The molecule has 6 aliphatic heterocycles. The molecule has 14 heteroatoms. The molecule has 62 heavy (non-hydrogen) atoms. The number of aromatic nitrogens is 2. The van der Waals surface area contributed by atoms with Gasteiger partial charge in [0.25, 0.3) is 6.43 Å². The van der Waals surface area contributed by atoms with Gasteiger partial charge in [0, 0.05) is 118 Å². The third kappa shape index (κ3) is 7.57. The second kappa shape index (κ2) is 16.5. The van der Waals surface area contributed by atoms with E-state index in [0.29, 0.717) is 49.6 Å². The Labute approximate surface area is 361 Å². The number of fused-ring (bicyclic) bond motifs is 3. The third-order valence-electron chi connectivity index (χ3n) is 14.6. The van der Waals surface area contributed by atoms with Crippen molar-refractivity contribution >= 4 is 34.8 Å². The summed E-state index contributed by atoms with van der Waals surface area (Å²) in [4.78, 5) is 48.2. The van der Waals surface area contributed by atoms with E-state index in [1.165, 1.54) is 5.56 Å². The number of amides is 3. The molecule has 10 rings (SSSR count). The standard InChI is InChI=1S/C48H56F2N8O4/c1-29(59)56-26-33-18-32(21-44(40(33)28-56)57-15-5-6-31-20-38(35-23-51-53(2)25-35)39(46(49)50)22-43(31)57)41-7-3-4-14-55(41)24-30-12-16-54(17-13-30)36-8-9-37-34(19-36)27-58(48(37)62)42-10-11-45(60)52-47(42)61/h8-9,18-23,25,30,41-42,46,48,62H,3-7,10-17,24,26-28H2,1-2H3,(H,52,60,61). The van der Waals surface area contributed by atoms with Gasteiger partial charge < -0.3 is 19.8 Å². The number of piperidine rings is 3. The van der Waals surface area contributed by atoms with Gasteiger partial charge in [-0.05, 0) is 116 Å². The number of aliphatic hydroxyl groups is 1. The van der Waals surface area contributed by atoms with Gasteiger partial charge in [-0.15, -0.1) is 0 Å². The first-order valence-electron chi connectivity index (χ1n) is 22.5. The number of nitrogens with zero attached hydrogens (tertiary/aromatic N) is 7. The van der Waals surface area contributed by atoms with Crippen LogP contribution in [-0.2, 0) is 47.5 Å². The molecule has 3 fully saturated rings. The highest BCUT2D eigenvalue weighted by Gasteiger charge is 2.40. The number of carbonyl (C=O) groups excluding carboxylic acids is 3. The van der Waals surface area contributed by atoms with Gasteiger partial charge in [-0.2, -0.15) is 5.10 Å². The molecule has 0 radical (unpaired) electrons. The van der Waals surface area contributed by atoms with E-state index in [1.54, 1.807) is 42.0 Å². The number of aliphatic hydroxyl groups excluding tert-OH is 1. The molecule has 1 aromatic heterocycles. The van der Waals surface area contributed by atoms with Crippen molar-refractivity contribution in [1.29, 1.82) is 0 Å². The Morgan fingerprint density at radius 2 is 1.71 bits per heavy atom. The fourth-order valence-electron chi connectivity index (χ4n) is 11.3. The van der Waals surface area contributed by atoms with Crippen LogP contribution < -0.4 is 15.1 Å². The van der Waals surface area contributed by atoms with Gasteiger partial charge in [0.2, 0.25) is 17.7 Å². The van der Waals surface area contributed by atoms with Crippen LogP contribution in [0.2, 0.25) is 0 Å². The summed E-state index contributed by atoms with van der Waals surface area (Å²) >= 11 is 0. The first-order chi connectivity index (χ1) is 30.0. The zero-order valence-corrected chi connectivity index (χ0v) is 35.7. The lowest BCUT2D eigenvalue weighted by Crippen LogP contribution is -2.51. The minimum absolute atomic E-state index is 0.0118. The maximum atomic E-state index is 14.9. The zero-order chi connectivity index (χ0) is 42.8. The lowest BCUT2D eigenvalue weighted by atomic mass is 9.88. The normalized spacial score (nSPS) is 23.5. The van der Waals surface area contributed by atoms with E-state index in [0.717, 1.165) is 116 Å². The molecule has 3 atom stereocenters. The summed E-state index contributed by atoms with van der Waals surface area (Å²) in [6.07, 6.45) is 7.77. The maximum absolute atomic E-state index is 14.9. The Bertz CT molecular complexity index is 2410. The number of likely N-dealkylation sites (tertiary alicyclic amines) is 1. The van der Waals surface area contributed by atoms with Crippen molar-refractivity contribution in [2.24, 2.45) is 13.0 Å². The summed E-state index contributed by atoms with van der Waals surface area (Å²) in [5, 5.41) is 17.8. The van der Waals surface area contributed by atoms with Gasteiger partial charge in [0.15, 0.2) is 0 Å². The maximum Gasteiger partial charge on any atom is 0.264 e. The molecular weight excluding hydrogens is 791 g/mol. The van der Waals surface area contributed by atoms with Crippen LogP contribution in [0.5, 0.6) is 0 Å². The van der Waals surface area contributed by atoms with E-state index < -0.39 is 18.7 Å². The van der Waals surface area contributed by atoms with E-state index in [-0.39, 0.29) is 35.7 Å². The van der Waals surface area contributed by atoms with Gasteiger partial charge in [-0.25, -0.2) is 8.78 Å². The quantitative estimate of drug-likeness (QED) is 0.181. The van der Waals surface area contributed by atoms with Crippen LogP contribution in [0.1, 0.15) is 116 Å². The summed E-state index contributed by atoms with van der Waals surface area (Å²) < 4.78 is 31.4. The van der Waals surface area contributed by atoms with Crippen LogP contribution in [0.4, 0.5) is 25.8 Å². The topological polar surface area (TPSA) is 117 Å². The van der Waals surface area contributed by atoms with E-state index in [1.807, 2.05) is 17.0 Å². The van der Waals surface area contributed by atoms with Crippen LogP contribution >= 0.6 is 0 Å². The number of benzene rings is 3. The number of hydrogen-bond acceptors (Lipinski definition) is 9. The molecule has 12 nitrogen and oxygen atoms in total. The van der Waals surface area contributed by atoms with Gasteiger partial charge in [0.05, 0.1) is 12.2 Å². The molecule has 6 aliphatic rings. The van der Waals surface area contributed by atoms with Crippen molar-refractivity contribution < 1.29 is 28.3 Å². The van der Waals surface area contributed by atoms with Crippen LogP contribution in [0.15, 0.2) is 54.9 Å². The van der Waals surface area contributed by atoms with Gasteiger partial charge in [0.1, 0.15) is 6.23 Å². The van der Waals surface area contributed by atoms with Gasteiger partial charge >= 0.3 is 0 Å². The molecule has 3 aromatic carbocycles. The molecule has 0 bridgehead atoms. The lowest BCUT2D eigenvalue weighted by Gasteiger charge is -2.41. The zero-order valence-electron chi connectivity index (χ0n) is 35.7. The number of hydrogen-bond donors (Lipinski definition) is 2. The third-order valence-corrected chi connectivity index (χ3v) is 14.6. The summed E-state index contributed by atoms with van der Waals surface area (Å²) in [7, 11) is 1.80. The molecule has 0 spiro atoms. The van der Waals surface area contributed by atoms with E-state index in [2.05, 4.69) is 49.4 Å². The highest BCUT2D eigenvalue weighted by Crippen LogP contribution is 2.46. The monoisotopic (exact) mass is 846 g/mol. The Balaban J connectivity index is 0.876. The van der Waals surface area contributed by atoms with Crippen LogP contribution in [0.25, 0.3) is 11.1 Å². The number of rotatable bonds is 8. The molecule has 7 heterocycles. The second-order valence-corrected chi connectivity index (χ2v) is 18.4. The minimum Gasteiger partial charge on any atom is -0.374 e. The summed E-state index contributed by atoms with van der Waals surface area (Å²) in [5.41, 5.74) is 10.7. The highest BCUT2D eigenvalue weighted by atomic mass is 19.3. The minimum atomic E-state index is -2.65. The Morgan fingerprint density at radius 1 is 0.871 bits per heavy atom.